The van der Waals surface area contributed by atoms with Crippen LogP contribution in [0.2, 0.25) is 0 Å². The van der Waals surface area contributed by atoms with Gasteiger partial charge in [-0.25, -0.2) is 13.6 Å². The molecule has 0 radical (unpaired) electrons. The second kappa shape index (κ2) is 2.90. The molecule has 0 bridgehead atoms. The van der Waals surface area contributed by atoms with E-state index in [1.54, 1.807) is 5.38 Å². The number of aliphatic hydroxyl groups is 1. The highest BCUT2D eigenvalue weighted by atomic mass is 32.2. The highest BCUT2D eigenvalue weighted by Crippen LogP contribution is 2.20. The van der Waals surface area contributed by atoms with Crippen LogP contribution in [0, 0.1) is 0 Å². The maximum atomic E-state index is 10.8. The Balaban J connectivity index is 3.24. The van der Waals surface area contributed by atoms with Gasteiger partial charge in [0.2, 0.25) is 10.0 Å². The number of nitrogens with two attached hydrogens (primary N) is 1. The standard InChI is InChI=1S/C5H7NO3S2/c6-11(8,9)5-4(3-7)1-2-10-5/h1-2,7H,3H2,(H2,6,8,9). The van der Waals surface area contributed by atoms with Gasteiger partial charge in [-0.3, -0.25) is 0 Å². The Morgan fingerprint density at radius 2 is 2.27 bits per heavy atom. The first kappa shape index (κ1) is 8.66. The van der Waals surface area contributed by atoms with Crippen molar-refractivity contribution in [1.82, 2.24) is 0 Å². The summed E-state index contributed by atoms with van der Waals surface area (Å²) in [6.07, 6.45) is 0. The molecule has 0 unspecified atom stereocenters. The predicted octanol–water partition coefficient (Wildman–Crippen LogP) is -0.112. The Kier molecular flexibility index (Phi) is 2.28. The van der Waals surface area contributed by atoms with Gasteiger partial charge in [-0.15, -0.1) is 11.3 Å². The summed E-state index contributed by atoms with van der Waals surface area (Å²) in [7, 11) is -3.64. The molecule has 0 saturated carbocycles. The lowest BCUT2D eigenvalue weighted by Crippen LogP contribution is -2.12. The van der Waals surface area contributed by atoms with E-state index in [1.807, 2.05) is 0 Å². The third-order valence-corrected chi connectivity index (χ3v) is 3.65. The normalized spacial score (nSPS) is 11.8. The number of sulfonamides is 1. The molecule has 62 valence electrons. The molecule has 1 heterocycles. The lowest BCUT2D eigenvalue weighted by atomic mass is 10.4. The molecule has 11 heavy (non-hydrogen) atoms. The van der Waals surface area contributed by atoms with Crippen molar-refractivity contribution in [3.05, 3.63) is 17.0 Å². The first-order chi connectivity index (χ1) is 5.05. The molecule has 1 rings (SSSR count). The molecule has 0 aliphatic rings. The predicted molar refractivity (Wildman–Crippen MR) is 41.6 cm³/mol. The van der Waals surface area contributed by atoms with E-state index in [2.05, 4.69) is 0 Å². The molecule has 0 spiro atoms. The molecule has 4 nitrogen and oxygen atoms in total. The monoisotopic (exact) mass is 193 g/mol. The summed E-state index contributed by atoms with van der Waals surface area (Å²) in [6.45, 7) is -0.296. The van der Waals surface area contributed by atoms with Crippen molar-refractivity contribution in [2.24, 2.45) is 5.14 Å². The van der Waals surface area contributed by atoms with Gasteiger partial charge in [0.15, 0.2) is 0 Å². The van der Waals surface area contributed by atoms with Crippen LogP contribution in [0.3, 0.4) is 0 Å². The number of hydrogen-bond donors (Lipinski definition) is 2. The van der Waals surface area contributed by atoms with Crippen LogP contribution in [-0.4, -0.2) is 13.5 Å². The molecule has 0 saturated heterocycles. The van der Waals surface area contributed by atoms with E-state index in [-0.39, 0.29) is 10.8 Å². The molecule has 1 aromatic rings. The first-order valence-corrected chi connectivity index (χ1v) is 5.18. The molecule has 6 heteroatoms. The smallest absolute Gasteiger partial charge is 0.247 e. The fraction of sp³-hybridized carbons (Fsp3) is 0.200. The van der Waals surface area contributed by atoms with Gasteiger partial charge in [0.1, 0.15) is 4.21 Å². The average Bonchev–Trinajstić information content (AvgIpc) is 2.31. The van der Waals surface area contributed by atoms with Crippen LogP contribution in [0.1, 0.15) is 5.56 Å². The first-order valence-electron chi connectivity index (χ1n) is 2.75. The highest BCUT2D eigenvalue weighted by molar-refractivity contribution is 7.91. The summed E-state index contributed by atoms with van der Waals surface area (Å²) >= 11 is 1.01. The number of rotatable bonds is 2. The molecule has 0 amide bonds. The maximum Gasteiger partial charge on any atom is 0.247 e. The van der Waals surface area contributed by atoms with Gasteiger partial charge in [0.05, 0.1) is 6.61 Å². The maximum absolute atomic E-state index is 10.8. The van der Waals surface area contributed by atoms with Crippen molar-refractivity contribution in [2.75, 3.05) is 0 Å². The highest BCUT2D eigenvalue weighted by Gasteiger charge is 2.13. The van der Waals surface area contributed by atoms with E-state index in [0.717, 1.165) is 11.3 Å². The second-order valence-electron chi connectivity index (χ2n) is 1.94. The van der Waals surface area contributed by atoms with Gasteiger partial charge in [-0.1, -0.05) is 0 Å². The number of aliphatic hydroxyl groups excluding tert-OH is 1. The summed E-state index contributed by atoms with van der Waals surface area (Å²) in [5, 5.41) is 15.1. The lowest BCUT2D eigenvalue weighted by Gasteiger charge is -1.95. The van der Waals surface area contributed by atoms with Gasteiger partial charge in [-0.05, 0) is 11.4 Å². The zero-order chi connectivity index (χ0) is 8.48. The van der Waals surface area contributed by atoms with Gasteiger partial charge in [0.25, 0.3) is 0 Å². The second-order valence-corrected chi connectivity index (χ2v) is 4.61. The summed E-state index contributed by atoms with van der Waals surface area (Å²) < 4.78 is 21.5. The van der Waals surface area contributed by atoms with Gasteiger partial charge < -0.3 is 5.11 Å². The average molecular weight is 193 g/mol. The van der Waals surface area contributed by atoms with E-state index in [9.17, 15) is 8.42 Å². The van der Waals surface area contributed by atoms with E-state index in [0.29, 0.717) is 5.56 Å². The Morgan fingerprint density at radius 3 is 2.64 bits per heavy atom. The number of primary sulfonamides is 1. The minimum atomic E-state index is -3.64. The molecular weight excluding hydrogens is 186 g/mol. The largest absolute Gasteiger partial charge is 0.392 e. The van der Waals surface area contributed by atoms with E-state index in [4.69, 9.17) is 10.2 Å². The van der Waals surface area contributed by atoms with Crippen LogP contribution in [0.4, 0.5) is 0 Å². The summed E-state index contributed by atoms with van der Waals surface area (Å²) in [4.78, 5) is 0. The van der Waals surface area contributed by atoms with Crippen molar-refractivity contribution >= 4 is 21.4 Å². The van der Waals surface area contributed by atoms with Crippen molar-refractivity contribution in [2.45, 2.75) is 10.8 Å². The quantitative estimate of drug-likeness (QED) is 0.687. The van der Waals surface area contributed by atoms with Crippen molar-refractivity contribution in [3.8, 4) is 0 Å². The third kappa shape index (κ3) is 1.78. The number of hydrogen-bond acceptors (Lipinski definition) is 4. The van der Waals surface area contributed by atoms with Gasteiger partial charge in [0, 0.05) is 5.56 Å². The van der Waals surface area contributed by atoms with Crippen LogP contribution in [0.5, 0.6) is 0 Å². The zero-order valence-corrected chi connectivity index (χ0v) is 7.15. The SMILES string of the molecule is NS(=O)(=O)c1sccc1CO. The zero-order valence-electron chi connectivity index (χ0n) is 5.52. The van der Waals surface area contributed by atoms with Crippen LogP contribution in [0.25, 0.3) is 0 Å². The van der Waals surface area contributed by atoms with E-state index in [1.165, 1.54) is 6.07 Å². The summed E-state index contributed by atoms with van der Waals surface area (Å²) in [6, 6.07) is 1.53. The minimum Gasteiger partial charge on any atom is -0.392 e. The van der Waals surface area contributed by atoms with Crippen LogP contribution in [0.15, 0.2) is 15.7 Å². The van der Waals surface area contributed by atoms with Gasteiger partial charge >= 0.3 is 0 Å². The lowest BCUT2D eigenvalue weighted by molar-refractivity contribution is 0.279. The van der Waals surface area contributed by atoms with Crippen LogP contribution in [-0.2, 0) is 16.6 Å². The van der Waals surface area contributed by atoms with Crippen molar-refractivity contribution in [3.63, 3.8) is 0 Å². The van der Waals surface area contributed by atoms with Crippen molar-refractivity contribution < 1.29 is 13.5 Å². The minimum absolute atomic E-state index is 0.0417. The molecule has 3 N–H and O–H groups in total. The van der Waals surface area contributed by atoms with Gasteiger partial charge in [-0.2, -0.15) is 0 Å². The third-order valence-electron chi connectivity index (χ3n) is 1.14. The number of thiophene rings is 1. The Bertz CT molecular complexity index is 340. The summed E-state index contributed by atoms with van der Waals surface area (Å²) in [5.74, 6) is 0. The molecule has 0 atom stereocenters. The Morgan fingerprint density at radius 1 is 1.64 bits per heavy atom. The van der Waals surface area contributed by atoms with E-state index < -0.39 is 10.0 Å². The molecular formula is C5H7NO3S2. The topological polar surface area (TPSA) is 80.4 Å². The van der Waals surface area contributed by atoms with E-state index >= 15 is 0 Å². The molecule has 0 aliphatic carbocycles. The molecule has 1 aromatic heterocycles. The summed E-state index contributed by atoms with van der Waals surface area (Å²) in [5.41, 5.74) is 0.359. The fourth-order valence-corrected chi connectivity index (χ4v) is 2.53. The fourth-order valence-electron chi connectivity index (χ4n) is 0.689. The van der Waals surface area contributed by atoms with Crippen molar-refractivity contribution in [1.29, 1.82) is 0 Å². The Labute approximate surface area is 68.3 Å². The van der Waals surface area contributed by atoms with Crippen LogP contribution < -0.4 is 5.14 Å². The molecule has 0 aromatic carbocycles. The van der Waals surface area contributed by atoms with Crippen LogP contribution >= 0.6 is 11.3 Å². The molecule has 0 fully saturated rings. The Hall–Kier alpha value is -0.430. The molecule has 0 aliphatic heterocycles.